The summed E-state index contributed by atoms with van der Waals surface area (Å²) in [7, 11) is -3.72. The van der Waals surface area contributed by atoms with Crippen molar-refractivity contribution in [3.63, 3.8) is 0 Å². The van der Waals surface area contributed by atoms with Gasteiger partial charge in [0.25, 0.3) is 5.91 Å². The summed E-state index contributed by atoms with van der Waals surface area (Å²) in [5.41, 5.74) is 1.02. The Kier molecular flexibility index (Phi) is 4.29. The first-order valence-corrected chi connectivity index (χ1v) is 9.53. The maximum absolute atomic E-state index is 12.4. The second-order valence-electron chi connectivity index (χ2n) is 4.92. The lowest BCUT2D eigenvalue weighted by molar-refractivity contribution is -0.117. The molecule has 3 rings (SSSR count). The number of anilines is 2. The number of thioether (sulfide) groups is 1. The van der Waals surface area contributed by atoms with Crippen LogP contribution in [-0.4, -0.2) is 26.7 Å². The molecule has 8 heteroatoms. The standard InChI is InChI=1S/C15H15N3O3S2/c1-22-11-6-4-5-10(9-11)16-15(19)14-17-12-7-2-3-8-13(12)23(20,21)18-14/h2-9,14,17-18H,1H3,(H,16,19)/t14-/m1/s1. The van der Waals surface area contributed by atoms with Gasteiger partial charge < -0.3 is 10.6 Å². The molecule has 1 aliphatic rings. The molecule has 3 N–H and O–H groups in total. The van der Waals surface area contributed by atoms with Crippen molar-refractivity contribution in [3.8, 4) is 0 Å². The van der Waals surface area contributed by atoms with E-state index in [-0.39, 0.29) is 4.90 Å². The number of nitrogens with one attached hydrogen (secondary N) is 3. The quantitative estimate of drug-likeness (QED) is 0.739. The van der Waals surface area contributed by atoms with Gasteiger partial charge in [-0.1, -0.05) is 18.2 Å². The number of sulfonamides is 1. The first kappa shape index (κ1) is 15.9. The average Bonchev–Trinajstić information content (AvgIpc) is 2.54. The molecule has 0 unspecified atom stereocenters. The third kappa shape index (κ3) is 3.34. The molecular formula is C15H15N3O3S2. The number of benzene rings is 2. The van der Waals surface area contributed by atoms with Gasteiger partial charge in [0.05, 0.1) is 5.69 Å². The molecule has 0 saturated carbocycles. The summed E-state index contributed by atoms with van der Waals surface area (Å²) >= 11 is 1.56. The molecular weight excluding hydrogens is 334 g/mol. The fraction of sp³-hybridized carbons (Fsp3) is 0.133. The van der Waals surface area contributed by atoms with Gasteiger partial charge in [-0.05, 0) is 36.6 Å². The fourth-order valence-corrected chi connectivity index (χ4v) is 4.00. The van der Waals surface area contributed by atoms with E-state index in [1.165, 1.54) is 6.07 Å². The van der Waals surface area contributed by atoms with Crippen molar-refractivity contribution in [1.82, 2.24) is 4.72 Å². The molecule has 1 aliphatic heterocycles. The topological polar surface area (TPSA) is 87.3 Å². The fourth-order valence-electron chi connectivity index (χ4n) is 2.26. The van der Waals surface area contributed by atoms with Crippen LogP contribution in [0, 0.1) is 0 Å². The molecule has 2 aromatic rings. The van der Waals surface area contributed by atoms with E-state index >= 15 is 0 Å². The van der Waals surface area contributed by atoms with Gasteiger partial charge in [0.15, 0.2) is 6.17 Å². The Bertz CT molecular complexity index is 853. The van der Waals surface area contributed by atoms with Crippen LogP contribution < -0.4 is 15.4 Å². The minimum atomic E-state index is -3.72. The summed E-state index contributed by atoms with van der Waals surface area (Å²) in [6, 6.07) is 13.8. The van der Waals surface area contributed by atoms with E-state index < -0.39 is 22.1 Å². The Labute approximate surface area is 138 Å². The summed E-state index contributed by atoms with van der Waals surface area (Å²) in [4.78, 5) is 13.5. The normalized spacial score (nSPS) is 18.6. The highest BCUT2D eigenvalue weighted by Gasteiger charge is 2.32. The van der Waals surface area contributed by atoms with Gasteiger partial charge in [-0.15, -0.1) is 11.8 Å². The van der Waals surface area contributed by atoms with Crippen molar-refractivity contribution in [1.29, 1.82) is 0 Å². The number of hydrogen-bond donors (Lipinski definition) is 3. The zero-order chi connectivity index (χ0) is 16.4. The third-order valence-corrected chi connectivity index (χ3v) is 5.56. The van der Waals surface area contributed by atoms with Gasteiger partial charge in [0.2, 0.25) is 10.0 Å². The lowest BCUT2D eigenvalue weighted by Gasteiger charge is -2.27. The van der Waals surface area contributed by atoms with Gasteiger partial charge in [0, 0.05) is 10.6 Å². The van der Waals surface area contributed by atoms with Crippen LogP contribution in [0.15, 0.2) is 58.3 Å². The summed E-state index contributed by atoms with van der Waals surface area (Å²) in [6.45, 7) is 0. The van der Waals surface area contributed by atoms with Gasteiger partial charge in [0.1, 0.15) is 4.90 Å². The summed E-state index contributed by atoms with van der Waals surface area (Å²) in [5, 5.41) is 5.61. The van der Waals surface area contributed by atoms with Crippen molar-refractivity contribution < 1.29 is 13.2 Å². The molecule has 0 spiro atoms. The number of rotatable bonds is 3. The molecule has 2 aromatic carbocycles. The minimum Gasteiger partial charge on any atom is -0.360 e. The predicted octanol–water partition coefficient (Wildman–Crippen LogP) is 2.08. The third-order valence-electron chi connectivity index (χ3n) is 3.35. The van der Waals surface area contributed by atoms with Crippen LogP contribution in [0.25, 0.3) is 0 Å². The Morgan fingerprint density at radius 2 is 1.96 bits per heavy atom. The molecule has 1 heterocycles. The second-order valence-corrected chi connectivity index (χ2v) is 7.48. The molecule has 0 radical (unpaired) electrons. The Morgan fingerprint density at radius 3 is 2.74 bits per heavy atom. The highest BCUT2D eigenvalue weighted by Crippen LogP contribution is 2.26. The van der Waals surface area contributed by atoms with Crippen LogP contribution in [0.2, 0.25) is 0 Å². The number of amides is 1. The van der Waals surface area contributed by atoms with Crippen LogP contribution in [0.1, 0.15) is 0 Å². The molecule has 120 valence electrons. The maximum Gasteiger partial charge on any atom is 0.262 e. The summed E-state index contributed by atoms with van der Waals surface area (Å²) < 4.78 is 26.8. The molecule has 23 heavy (non-hydrogen) atoms. The van der Waals surface area contributed by atoms with Crippen LogP contribution in [0.4, 0.5) is 11.4 Å². The summed E-state index contributed by atoms with van der Waals surface area (Å²) in [6.07, 6.45) is 0.877. The van der Waals surface area contributed by atoms with E-state index in [4.69, 9.17) is 0 Å². The van der Waals surface area contributed by atoms with Gasteiger partial charge in [-0.2, -0.15) is 4.72 Å². The smallest absolute Gasteiger partial charge is 0.262 e. The van der Waals surface area contributed by atoms with Crippen molar-refractivity contribution >= 4 is 39.1 Å². The first-order chi connectivity index (χ1) is 11.0. The van der Waals surface area contributed by atoms with E-state index in [2.05, 4.69) is 15.4 Å². The lowest BCUT2D eigenvalue weighted by Crippen LogP contribution is -2.51. The number of carbonyl (C=O) groups excluding carboxylic acids is 1. The van der Waals surface area contributed by atoms with E-state index in [0.717, 1.165) is 4.90 Å². The van der Waals surface area contributed by atoms with Gasteiger partial charge in [-0.25, -0.2) is 8.42 Å². The van der Waals surface area contributed by atoms with Crippen molar-refractivity contribution in [3.05, 3.63) is 48.5 Å². The molecule has 1 amide bonds. The van der Waals surface area contributed by atoms with E-state index in [9.17, 15) is 13.2 Å². The molecule has 0 bridgehead atoms. The van der Waals surface area contributed by atoms with Gasteiger partial charge in [-0.3, -0.25) is 4.79 Å². The zero-order valence-corrected chi connectivity index (χ0v) is 13.9. The lowest BCUT2D eigenvalue weighted by atomic mass is 10.3. The van der Waals surface area contributed by atoms with Gasteiger partial charge >= 0.3 is 0 Å². The number of para-hydroxylation sites is 1. The monoisotopic (exact) mass is 349 g/mol. The Hall–Kier alpha value is -2.03. The maximum atomic E-state index is 12.4. The zero-order valence-electron chi connectivity index (χ0n) is 12.2. The van der Waals surface area contributed by atoms with E-state index in [1.807, 2.05) is 24.5 Å². The molecule has 0 fully saturated rings. The summed E-state index contributed by atoms with van der Waals surface area (Å²) in [5.74, 6) is -0.471. The highest BCUT2D eigenvalue weighted by atomic mass is 32.2. The number of hydrogen-bond acceptors (Lipinski definition) is 5. The van der Waals surface area contributed by atoms with Crippen molar-refractivity contribution in [2.45, 2.75) is 16.0 Å². The van der Waals surface area contributed by atoms with Crippen LogP contribution in [0.3, 0.4) is 0 Å². The molecule has 0 aromatic heterocycles. The van der Waals surface area contributed by atoms with Crippen molar-refractivity contribution in [2.75, 3.05) is 16.9 Å². The Balaban J connectivity index is 1.81. The number of fused-ring (bicyclic) bond motifs is 1. The van der Waals surface area contributed by atoms with Crippen LogP contribution in [0.5, 0.6) is 0 Å². The molecule has 6 nitrogen and oxygen atoms in total. The van der Waals surface area contributed by atoms with Crippen molar-refractivity contribution in [2.24, 2.45) is 0 Å². The van der Waals surface area contributed by atoms with E-state index in [0.29, 0.717) is 11.4 Å². The molecule has 0 aliphatic carbocycles. The second kappa shape index (κ2) is 6.23. The molecule has 0 saturated heterocycles. The largest absolute Gasteiger partial charge is 0.360 e. The minimum absolute atomic E-state index is 0.133. The molecule has 1 atom stereocenters. The van der Waals surface area contributed by atoms with E-state index in [1.54, 1.807) is 36.0 Å². The van der Waals surface area contributed by atoms with Crippen LogP contribution in [-0.2, 0) is 14.8 Å². The van der Waals surface area contributed by atoms with Crippen LogP contribution >= 0.6 is 11.8 Å². The Morgan fingerprint density at radius 1 is 1.17 bits per heavy atom. The highest BCUT2D eigenvalue weighted by molar-refractivity contribution is 7.98. The average molecular weight is 349 g/mol. The first-order valence-electron chi connectivity index (χ1n) is 6.82. The number of carbonyl (C=O) groups is 1. The predicted molar refractivity (Wildman–Crippen MR) is 91.0 cm³/mol. The SMILES string of the molecule is CSc1cccc(NC(=O)[C@@H]2Nc3ccccc3S(=O)(=O)N2)c1.